The quantitative estimate of drug-likeness (QED) is 0.161. The summed E-state index contributed by atoms with van der Waals surface area (Å²) in [6.45, 7) is 5.52. The lowest BCUT2D eigenvalue weighted by Gasteiger charge is -2.32. The van der Waals surface area contributed by atoms with Gasteiger partial charge in [0.15, 0.2) is 0 Å². The Morgan fingerprint density at radius 3 is 2.10 bits per heavy atom. The Morgan fingerprint density at radius 1 is 0.897 bits per heavy atom. The summed E-state index contributed by atoms with van der Waals surface area (Å²) in [6.07, 6.45) is 12.0. The van der Waals surface area contributed by atoms with Crippen molar-refractivity contribution in [3.63, 3.8) is 0 Å². The van der Waals surface area contributed by atoms with Crippen LogP contribution in [0.15, 0.2) is 0 Å². The third-order valence-electron chi connectivity index (χ3n) is 5.75. The normalized spacial score (nSPS) is 17.8. The molecule has 0 unspecified atom stereocenters. The Hall–Kier alpha value is -1.59. The minimum Gasteiger partial charge on any atom is -0.465 e. The molecular weight excluding hydrogens is 372 g/mol. The second kappa shape index (κ2) is 15.3. The van der Waals surface area contributed by atoms with Gasteiger partial charge in [-0.1, -0.05) is 39.0 Å². The van der Waals surface area contributed by atoms with Gasteiger partial charge in [0.25, 0.3) is 6.47 Å². The molecule has 6 heteroatoms. The fraction of sp³-hybridized carbons (Fsp3) is 0.870. The number of carbonyl (C=O) groups is 3. The van der Waals surface area contributed by atoms with Gasteiger partial charge in [-0.3, -0.25) is 14.4 Å². The fourth-order valence-corrected chi connectivity index (χ4v) is 4.33. The van der Waals surface area contributed by atoms with Gasteiger partial charge in [0.2, 0.25) is 0 Å². The van der Waals surface area contributed by atoms with Crippen molar-refractivity contribution < 1.29 is 28.6 Å². The molecule has 1 aliphatic carbocycles. The molecule has 0 saturated heterocycles. The molecule has 0 aromatic rings. The topological polar surface area (TPSA) is 78.9 Å². The second-order valence-electron chi connectivity index (χ2n) is 8.29. The van der Waals surface area contributed by atoms with Gasteiger partial charge in [-0.25, -0.2) is 0 Å². The maximum absolute atomic E-state index is 11.6. The van der Waals surface area contributed by atoms with E-state index >= 15 is 0 Å². The van der Waals surface area contributed by atoms with E-state index in [2.05, 4.69) is 6.92 Å². The average Bonchev–Trinajstić information content (AvgIpc) is 2.67. The molecule has 168 valence electrons. The van der Waals surface area contributed by atoms with Crippen molar-refractivity contribution in [3.05, 3.63) is 0 Å². The minimum absolute atomic E-state index is 0.0837. The van der Waals surface area contributed by atoms with Crippen LogP contribution in [0.3, 0.4) is 0 Å². The standard InChI is InChI=1S/C23H40O6/c1-4-5-7-13-21(27-17-24)14-10-15-22(28-18(2)25)16-23(29-19(3)26)20-11-8-6-9-12-20/h17,20-23H,4-16H2,1-3H3/t21-,22-,23-/m1/s1. The zero-order valence-electron chi connectivity index (χ0n) is 18.5. The summed E-state index contributed by atoms with van der Waals surface area (Å²) in [5.74, 6) is -0.257. The molecule has 1 saturated carbocycles. The number of ether oxygens (including phenoxy) is 3. The SMILES string of the molecule is CCCCC[C@H](CCC[C@H](C[C@@H](OC(C)=O)C1CCCCC1)OC(C)=O)OC=O. The van der Waals surface area contributed by atoms with E-state index in [0.717, 1.165) is 64.2 Å². The molecule has 0 aliphatic heterocycles. The first-order chi connectivity index (χ1) is 14.0. The van der Waals surface area contributed by atoms with Gasteiger partial charge in [0.1, 0.15) is 18.3 Å². The predicted molar refractivity (Wildman–Crippen MR) is 111 cm³/mol. The number of carbonyl (C=O) groups excluding carboxylic acids is 3. The van der Waals surface area contributed by atoms with Gasteiger partial charge in [0, 0.05) is 20.3 Å². The summed E-state index contributed by atoms with van der Waals surface area (Å²) in [6, 6.07) is 0. The van der Waals surface area contributed by atoms with Crippen LogP contribution in [-0.4, -0.2) is 36.7 Å². The van der Waals surface area contributed by atoms with Gasteiger partial charge in [-0.05, 0) is 50.9 Å². The highest BCUT2D eigenvalue weighted by Crippen LogP contribution is 2.31. The summed E-state index contributed by atoms with van der Waals surface area (Å²) in [5.41, 5.74) is 0. The summed E-state index contributed by atoms with van der Waals surface area (Å²) in [4.78, 5) is 34.0. The number of hydrogen-bond donors (Lipinski definition) is 0. The summed E-state index contributed by atoms with van der Waals surface area (Å²) in [5, 5.41) is 0. The molecule has 0 heterocycles. The first-order valence-corrected chi connectivity index (χ1v) is 11.4. The molecule has 6 nitrogen and oxygen atoms in total. The van der Waals surface area contributed by atoms with E-state index in [-0.39, 0.29) is 30.3 Å². The molecule has 0 radical (unpaired) electrons. The van der Waals surface area contributed by atoms with Crippen LogP contribution >= 0.6 is 0 Å². The van der Waals surface area contributed by atoms with E-state index in [1.54, 1.807) is 0 Å². The largest absolute Gasteiger partial charge is 0.465 e. The Labute approximate surface area is 176 Å². The van der Waals surface area contributed by atoms with Crippen LogP contribution in [0.5, 0.6) is 0 Å². The zero-order chi connectivity index (χ0) is 21.5. The molecular formula is C23H40O6. The molecule has 29 heavy (non-hydrogen) atoms. The Morgan fingerprint density at radius 2 is 1.52 bits per heavy atom. The second-order valence-corrected chi connectivity index (χ2v) is 8.29. The lowest BCUT2D eigenvalue weighted by Crippen LogP contribution is -2.33. The predicted octanol–water partition coefficient (Wildman–Crippen LogP) is 5.11. The lowest BCUT2D eigenvalue weighted by molar-refractivity contribution is -0.156. The van der Waals surface area contributed by atoms with Crippen LogP contribution in [-0.2, 0) is 28.6 Å². The number of unbranched alkanes of at least 4 members (excludes halogenated alkanes) is 2. The first kappa shape index (κ1) is 25.4. The van der Waals surface area contributed by atoms with Crippen molar-refractivity contribution in [1.82, 2.24) is 0 Å². The molecule has 0 bridgehead atoms. The van der Waals surface area contributed by atoms with Crippen LogP contribution in [0.25, 0.3) is 0 Å². The first-order valence-electron chi connectivity index (χ1n) is 11.4. The lowest BCUT2D eigenvalue weighted by atomic mass is 9.83. The van der Waals surface area contributed by atoms with E-state index in [0.29, 0.717) is 25.2 Å². The third kappa shape index (κ3) is 11.9. The summed E-state index contributed by atoms with van der Waals surface area (Å²) < 4.78 is 16.4. The summed E-state index contributed by atoms with van der Waals surface area (Å²) >= 11 is 0. The summed E-state index contributed by atoms with van der Waals surface area (Å²) in [7, 11) is 0. The Kier molecular flexibility index (Phi) is 13.4. The van der Waals surface area contributed by atoms with Gasteiger partial charge in [-0.15, -0.1) is 0 Å². The van der Waals surface area contributed by atoms with Crippen LogP contribution in [0.2, 0.25) is 0 Å². The van der Waals surface area contributed by atoms with Gasteiger partial charge < -0.3 is 14.2 Å². The number of rotatable bonds is 15. The van der Waals surface area contributed by atoms with Crippen molar-refractivity contribution in [2.75, 3.05) is 0 Å². The van der Waals surface area contributed by atoms with Crippen molar-refractivity contribution in [2.24, 2.45) is 5.92 Å². The molecule has 1 fully saturated rings. The van der Waals surface area contributed by atoms with Gasteiger partial charge in [0.05, 0.1) is 0 Å². The highest BCUT2D eigenvalue weighted by molar-refractivity contribution is 5.66. The zero-order valence-corrected chi connectivity index (χ0v) is 18.5. The van der Waals surface area contributed by atoms with E-state index in [1.165, 1.54) is 20.3 Å². The molecule has 0 spiro atoms. The van der Waals surface area contributed by atoms with Crippen molar-refractivity contribution in [2.45, 2.75) is 123 Å². The van der Waals surface area contributed by atoms with Crippen molar-refractivity contribution >= 4 is 18.4 Å². The van der Waals surface area contributed by atoms with Crippen LogP contribution in [0.4, 0.5) is 0 Å². The van der Waals surface area contributed by atoms with Crippen LogP contribution in [0, 0.1) is 5.92 Å². The number of hydrogen-bond acceptors (Lipinski definition) is 6. The monoisotopic (exact) mass is 412 g/mol. The maximum atomic E-state index is 11.6. The smallest absolute Gasteiger partial charge is 0.302 e. The van der Waals surface area contributed by atoms with E-state index < -0.39 is 0 Å². The van der Waals surface area contributed by atoms with Crippen LogP contribution in [0.1, 0.15) is 104 Å². The Balaban J connectivity index is 2.61. The molecule has 0 amide bonds. The van der Waals surface area contributed by atoms with E-state index in [4.69, 9.17) is 14.2 Å². The fourth-order valence-electron chi connectivity index (χ4n) is 4.33. The highest BCUT2D eigenvalue weighted by atomic mass is 16.6. The Bertz CT molecular complexity index is 472. The van der Waals surface area contributed by atoms with Gasteiger partial charge in [-0.2, -0.15) is 0 Å². The third-order valence-corrected chi connectivity index (χ3v) is 5.75. The van der Waals surface area contributed by atoms with Crippen molar-refractivity contribution in [3.8, 4) is 0 Å². The molecule has 0 N–H and O–H groups in total. The average molecular weight is 413 g/mol. The van der Waals surface area contributed by atoms with E-state index in [9.17, 15) is 14.4 Å². The molecule has 3 atom stereocenters. The molecule has 0 aromatic carbocycles. The van der Waals surface area contributed by atoms with Gasteiger partial charge >= 0.3 is 11.9 Å². The molecule has 0 aromatic heterocycles. The van der Waals surface area contributed by atoms with Crippen LogP contribution < -0.4 is 0 Å². The highest BCUT2D eigenvalue weighted by Gasteiger charge is 2.30. The van der Waals surface area contributed by atoms with E-state index in [1.807, 2.05) is 0 Å². The minimum atomic E-state index is -0.316. The maximum Gasteiger partial charge on any atom is 0.302 e. The molecule has 1 rings (SSSR count). The number of esters is 2. The van der Waals surface area contributed by atoms with Crippen molar-refractivity contribution in [1.29, 1.82) is 0 Å². The molecule has 1 aliphatic rings.